The first-order valence-corrected chi connectivity index (χ1v) is 60.9. The minimum absolute atomic E-state index is 0.963. The molecule has 0 aliphatic rings. The van der Waals surface area contributed by atoms with Gasteiger partial charge in [0.15, 0.2) is 16.6 Å². The van der Waals surface area contributed by atoms with E-state index in [-0.39, 0.29) is 0 Å². The minimum Gasteiger partial charge on any atom is -0.436 e. The van der Waals surface area contributed by atoms with Crippen LogP contribution < -0.4 is 0 Å². The lowest BCUT2D eigenvalue weighted by Gasteiger charge is -2.52. The molecular weight excluding hydrogens is 1220 g/mol. The van der Waals surface area contributed by atoms with Gasteiger partial charge in [-0.05, 0) is 133 Å². The van der Waals surface area contributed by atoms with Crippen molar-refractivity contribution in [1.29, 1.82) is 0 Å². The Morgan fingerprint density at radius 2 is 0.200 bits per heavy atom. The van der Waals surface area contributed by atoms with Crippen LogP contribution >= 0.6 is 0 Å². The Labute approximate surface area is 545 Å². The molecule has 0 fully saturated rings. The van der Waals surface area contributed by atoms with Crippen molar-refractivity contribution in [1.82, 2.24) is 0 Å². The molecule has 512 valence electrons. The van der Waals surface area contributed by atoms with Gasteiger partial charge in [-0.2, -0.15) is 0 Å². The van der Waals surface area contributed by atoms with Crippen LogP contribution in [0.15, 0.2) is 0 Å². The molecule has 0 spiro atoms. The molecule has 0 N–H and O–H groups in total. The average molecular weight is 1370 g/mol. The van der Waals surface area contributed by atoms with Crippen molar-refractivity contribution >= 4 is 85.1 Å². The van der Waals surface area contributed by atoms with Crippen LogP contribution in [0.5, 0.6) is 0 Å². The van der Waals surface area contributed by atoms with Crippen LogP contribution in [0, 0.1) is 0 Å². The van der Waals surface area contributed by atoms with Crippen LogP contribution in [0.2, 0.25) is 133 Å². The summed E-state index contributed by atoms with van der Waals surface area (Å²) in [7, 11) is -28.0. The molecule has 0 amide bonds. The van der Waals surface area contributed by atoms with Crippen LogP contribution in [0.4, 0.5) is 0 Å². The van der Waals surface area contributed by atoms with Crippen LogP contribution in [0.25, 0.3) is 0 Å². The molecular formula is C66H154O9Si10. The van der Waals surface area contributed by atoms with E-state index in [2.05, 4.69) is 152 Å². The molecule has 0 heterocycles. The van der Waals surface area contributed by atoms with Gasteiger partial charge in [-0.3, -0.25) is 0 Å². The number of hydrogen-bond acceptors (Lipinski definition) is 9. The summed E-state index contributed by atoms with van der Waals surface area (Å²) in [5, 5.41) is 0. The molecule has 0 bridgehead atoms. The first-order chi connectivity index (χ1) is 40.7. The van der Waals surface area contributed by atoms with Crippen molar-refractivity contribution in [3.05, 3.63) is 0 Å². The first kappa shape index (κ1) is 86.8. The number of hydrogen-bond donors (Lipinski definition) is 0. The van der Waals surface area contributed by atoms with Crippen LogP contribution in [-0.2, 0) is 37.0 Å². The van der Waals surface area contributed by atoms with Crippen molar-refractivity contribution in [3.8, 4) is 0 Å². The first-order valence-electron chi connectivity index (χ1n) is 38.0. The fourth-order valence-electron chi connectivity index (χ4n) is 15.8. The maximum atomic E-state index is 8.67. The lowest BCUT2D eigenvalue weighted by atomic mass is 10.6. The van der Waals surface area contributed by atoms with Crippen molar-refractivity contribution < 1.29 is 37.0 Å². The van der Waals surface area contributed by atoms with E-state index in [0.717, 1.165) is 199 Å². The molecule has 0 aromatic heterocycles. The molecule has 0 radical (unpaired) electrons. The van der Waals surface area contributed by atoms with Crippen LogP contribution in [-0.4, -0.2) is 85.1 Å². The lowest BCUT2D eigenvalue weighted by molar-refractivity contribution is 0.223. The molecule has 0 atom stereocenters. The van der Waals surface area contributed by atoms with Gasteiger partial charge in [0, 0.05) is 0 Å². The second-order valence-electron chi connectivity index (χ2n) is 27.1. The predicted molar refractivity (Wildman–Crippen MR) is 399 cm³/mol. The summed E-state index contributed by atoms with van der Waals surface area (Å²) in [5.41, 5.74) is 0. The summed E-state index contributed by atoms with van der Waals surface area (Å²) >= 11 is 0. The van der Waals surface area contributed by atoms with Crippen molar-refractivity contribution in [2.75, 3.05) is 0 Å². The van der Waals surface area contributed by atoms with Gasteiger partial charge in [-0.1, -0.05) is 294 Å². The van der Waals surface area contributed by atoms with Gasteiger partial charge in [0.2, 0.25) is 0 Å². The van der Waals surface area contributed by atoms with Crippen LogP contribution in [0.1, 0.15) is 294 Å². The second-order valence-corrected chi connectivity index (χ2v) is 64.7. The Kier molecular flexibility index (Phi) is 47.8. The monoisotopic (exact) mass is 1370 g/mol. The van der Waals surface area contributed by atoms with Crippen molar-refractivity contribution in [2.45, 2.75) is 427 Å². The minimum atomic E-state index is -3.10. The molecule has 0 aliphatic carbocycles. The highest BCUT2D eigenvalue weighted by Crippen LogP contribution is 2.47. The van der Waals surface area contributed by atoms with E-state index in [1.807, 2.05) is 0 Å². The summed E-state index contributed by atoms with van der Waals surface area (Å²) in [6.45, 7) is 52.7. The Morgan fingerprint density at radius 1 is 0.118 bits per heavy atom. The Bertz CT molecular complexity index is 1410. The maximum Gasteiger partial charge on any atom is 0.320 e. The molecule has 0 aliphatic heterocycles. The average Bonchev–Trinajstić information content (AvgIpc) is 3.40. The van der Waals surface area contributed by atoms with Gasteiger partial charge >= 0.3 is 68.5 Å². The predicted octanol–water partition coefficient (Wildman–Crippen LogP) is 25.6. The molecule has 0 unspecified atom stereocenters. The van der Waals surface area contributed by atoms with Crippen molar-refractivity contribution in [2.24, 2.45) is 0 Å². The fraction of sp³-hybridized carbons (Fsp3) is 1.00. The van der Waals surface area contributed by atoms with Gasteiger partial charge in [0.1, 0.15) is 0 Å². The normalized spacial score (nSPS) is 13.9. The molecule has 0 aromatic rings. The fourth-order valence-corrected chi connectivity index (χ4v) is 82.1. The quantitative estimate of drug-likeness (QED) is 0.0553. The third-order valence-electron chi connectivity index (χ3n) is 17.7. The lowest BCUT2D eigenvalue weighted by Crippen LogP contribution is -2.68. The zero-order valence-corrected chi connectivity index (χ0v) is 71.8. The Hall–Kier alpha value is 1.81. The van der Waals surface area contributed by atoms with E-state index >= 15 is 0 Å². The molecule has 0 aromatic carbocycles. The summed E-state index contributed by atoms with van der Waals surface area (Å²) in [5.74, 6) is 0. The second kappa shape index (κ2) is 46.8. The van der Waals surface area contributed by atoms with E-state index in [1.165, 1.54) is 74.8 Å². The molecule has 19 heteroatoms. The highest BCUT2D eigenvalue weighted by Gasteiger charge is 2.61. The molecule has 85 heavy (non-hydrogen) atoms. The highest BCUT2D eigenvalue weighted by molar-refractivity contribution is 6.96. The van der Waals surface area contributed by atoms with Crippen LogP contribution in [0.3, 0.4) is 0 Å². The van der Waals surface area contributed by atoms with E-state index in [0.29, 0.717) is 0 Å². The topological polar surface area (TPSA) is 83.1 Å². The summed E-state index contributed by atoms with van der Waals surface area (Å²) in [6.07, 6.45) is 24.0. The standard InChI is InChI=1S/C66H154O9Si10/c1-23-45-76(46-24-2,47-25-3)67-78(51-29-7,52-30-8)69-80(55-33-11,56-34-12)71-82(59-37-15,60-38-16)73-84(63-41-19,64-42-20)75-85(65-43-21,66-44-22)74-83(61-39-17,62-40-18)72-81(57-35-13,58-36-14)70-79(53-31-9,54-32-10)68-77(48-26-4,49-27-5)50-28-6/h23-66H2,1-22H3. The Balaban J connectivity index is 9.03. The molecule has 0 rings (SSSR count). The van der Waals surface area contributed by atoms with E-state index in [1.54, 1.807) is 0 Å². The van der Waals surface area contributed by atoms with Gasteiger partial charge < -0.3 is 37.0 Å². The summed E-state index contributed by atoms with van der Waals surface area (Å²) in [6, 6.07) is 23.4. The summed E-state index contributed by atoms with van der Waals surface area (Å²) < 4.78 is 76.4. The highest BCUT2D eigenvalue weighted by atomic mass is 28.5. The van der Waals surface area contributed by atoms with Gasteiger partial charge in [-0.15, -0.1) is 0 Å². The van der Waals surface area contributed by atoms with Gasteiger partial charge in [-0.25, -0.2) is 0 Å². The third-order valence-corrected chi connectivity index (χ3v) is 73.7. The smallest absolute Gasteiger partial charge is 0.320 e. The molecule has 0 saturated carbocycles. The van der Waals surface area contributed by atoms with Gasteiger partial charge in [0.05, 0.1) is 0 Å². The zero-order valence-electron chi connectivity index (χ0n) is 61.8. The molecule has 9 nitrogen and oxygen atoms in total. The zero-order chi connectivity index (χ0) is 64.5. The maximum absolute atomic E-state index is 8.67. The van der Waals surface area contributed by atoms with Crippen molar-refractivity contribution in [3.63, 3.8) is 0 Å². The number of rotatable bonds is 62. The largest absolute Gasteiger partial charge is 0.436 e. The van der Waals surface area contributed by atoms with E-state index in [9.17, 15) is 0 Å². The summed E-state index contributed by atoms with van der Waals surface area (Å²) in [4.78, 5) is 0. The molecule has 0 saturated heterocycles. The van der Waals surface area contributed by atoms with Gasteiger partial charge in [0.25, 0.3) is 0 Å². The third kappa shape index (κ3) is 29.1. The Morgan fingerprint density at radius 3 is 0.282 bits per heavy atom. The van der Waals surface area contributed by atoms with E-state index < -0.39 is 85.1 Å². The van der Waals surface area contributed by atoms with E-state index in [4.69, 9.17) is 37.0 Å². The SMILES string of the molecule is CCC[Si](CCC)(CCC)O[Si](CCC)(CCC)O[Si](CCC)(CCC)O[Si](CCC)(CCC)O[Si](CCC)(CCC)O[Si](CCC)(CCC)O[Si](CCC)(CCC)O[Si](CCC)(CCC)O[Si](CCC)(CCC)O[Si](CCC)(CCC)CCC.